The number of hydrogen-bond acceptors (Lipinski definition) is 0. The molecule has 1 nitrogen and oxygen atoms in total. The van der Waals surface area contributed by atoms with Gasteiger partial charge in [0.05, 0.1) is 0 Å². The Morgan fingerprint density at radius 2 is 1.59 bits per heavy atom. The zero-order chi connectivity index (χ0) is 13.2. The minimum Gasteiger partial charge on any atom is -0.351 e. The van der Waals surface area contributed by atoms with Crippen LogP contribution >= 0.6 is 0 Å². The third kappa shape index (κ3) is 2.81. The molecule has 1 aromatic carbocycles. The molecule has 1 aromatic heterocycles. The zero-order valence-electron chi connectivity index (χ0n) is 10.4. The van der Waals surface area contributed by atoms with E-state index in [0.29, 0.717) is 10.9 Å². The van der Waals surface area contributed by atoms with E-state index in [4.69, 9.17) is 0 Å². The van der Waals surface area contributed by atoms with Crippen LogP contribution in [0.2, 0.25) is 0 Å². The van der Waals surface area contributed by atoms with Crippen molar-refractivity contribution < 1.29 is 13.2 Å². The van der Waals surface area contributed by atoms with Gasteiger partial charge in [-0.25, -0.2) is 0 Å². The molecule has 0 radical (unpaired) electrons. The second kappa shape index (κ2) is 4.82. The predicted octanol–water partition coefficient (Wildman–Crippen LogP) is 4.83. The fraction of sp³-hybridized carbons (Fsp3) is 0.385. The molecule has 0 aliphatic carbocycles. The van der Waals surface area contributed by atoms with Crippen molar-refractivity contribution in [2.24, 2.45) is 0 Å². The average Bonchev–Trinajstić information content (AvgIpc) is 2.64. The Kier molecular flexibility index (Phi) is 3.86. The summed E-state index contributed by atoms with van der Waals surface area (Å²) in [4.78, 5) is 2.41. The van der Waals surface area contributed by atoms with E-state index in [1.807, 2.05) is 26.8 Å². The highest BCUT2D eigenvalue weighted by molar-refractivity contribution is 5.84. The Labute approximate surface area is 98.6 Å². The summed E-state index contributed by atoms with van der Waals surface area (Å²) < 4.78 is 37.3. The summed E-state index contributed by atoms with van der Waals surface area (Å²) in [5.74, 6) is 0. The number of nitrogens with one attached hydrogen (secondary N) is 1. The summed E-state index contributed by atoms with van der Waals surface area (Å²) in [6.07, 6.45) is -4.31. The number of aryl methyl sites for hydroxylation is 2. The van der Waals surface area contributed by atoms with Gasteiger partial charge in [-0.1, -0.05) is 25.5 Å². The maximum atomic E-state index is 12.4. The van der Waals surface area contributed by atoms with Crippen LogP contribution in [0.1, 0.15) is 30.7 Å². The number of aromatic nitrogens is 1. The highest BCUT2D eigenvalue weighted by Crippen LogP contribution is 2.32. The van der Waals surface area contributed by atoms with Gasteiger partial charge < -0.3 is 4.98 Å². The fourth-order valence-electron chi connectivity index (χ4n) is 1.76. The van der Waals surface area contributed by atoms with Gasteiger partial charge in [-0.3, -0.25) is 0 Å². The minimum absolute atomic E-state index is 0.563. The lowest BCUT2D eigenvalue weighted by Crippen LogP contribution is -2.04. The van der Waals surface area contributed by atoms with Crippen LogP contribution < -0.4 is 0 Å². The average molecular weight is 243 g/mol. The van der Waals surface area contributed by atoms with Crippen LogP contribution in [-0.2, 0) is 6.18 Å². The molecule has 0 fully saturated rings. The molecule has 17 heavy (non-hydrogen) atoms. The monoisotopic (exact) mass is 243 g/mol. The summed E-state index contributed by atoms with van der Waals surface area (Å²) in [7, 11) is 0. The lowest BCUT2D eigenvalue weighted by Gasteiger charge is -2.01. The first kappa shape index (κ1) is 13.6. The molecule has 0 saturated heterocycles. The Balaban J connectivity index is 0.000000686. The van der Waals surface area contributed by atoms with Crippen molar-refractivity contribution in [3.63, 3.8) is 0 Å². The summed E-state index contributed by atoms with van der Waals surface area (Å²) in [5.41, 5.74) is 1.67. The second-order valence-electron chi connectivity index (χ2n) is 3.73. The summed E-state index contributed by atoms with van der Waals surface area (Å²) >= 11 is 0. The number of fused-ring (bicyclic) bond motifs is 1. The van der Waals surface area contributed by atoms with Crippen LogP contribution in [-0.4, -0.2) is 4.98 Å². The Morgan fingerprint density at radius 3 is 2.12 bits per heavy atom. The molecule has 2 rings (SSSR count). The van der Waals surface area contributed by atoms with Crippen molar-refractivity contribution in [1.29, 1.82) is 0 Å². The van der Waals surface area contributed by atoms with Gasteiger partial charge in [-0.15, -0.1) is 0 Å². The molecule has 0 amide bonds. The Bertz CT molecular complexity index is 509. The van der Waals surface area contributed by atoms with Gasteiger partial charge in [0.2, 0.25) is 0 Å². The molecule has 0 unspecified atom stereocenters. The number of alkyl halides is 3. The maximum Gasteiger partial charge on any atom is 0.431 e. The maximum absolute atomic E-state index is 12.4. The van der Waals surface area contributed by atoms with E-state index in [9.17, 15) is 13.2 Å². The molecule has 4 heteroatoms. The van der Waals surface area contributed by atoms with Crippen molar-refractivity contribution in [3.8, 4) is 0 Å². The molecule has 0 aliphatic heterocycles. The van der Waals surface area contributed by atoms with E-state index in [0.717, 1.165) is 17.2 Å². The molecular formula is C13H16F3N. The second-order valence-corrected chi connectivity index (χ2v) is 3.73. The first-order valence-corrected chi connectivity index (χ1v) is 5.55. The van der Waals surface area contributed by atoms with Crippen molar-refractivity contribution in [1.82, 2.24) is 4.98 Å². The van der Waals surface area contributed by atoms with Crippen LogP contribution in [0.5, 0.6) is 0 Å². The quantitative estimate of drug-likeness (QED) is 0.682. The topological polar surface area (TPSA) is 15.8 Å². The van der Waals surface area contributed by atoms with Crippen LogP contribution in [0, 0.1) is 13.8 Å². The van der Waals surface area contributed by atoms with E-state index in [1.165, 1.54) is 0 Å². The lowest BCUT2D eigenvalue weighted by molar-refractivity contribution is -0.140. The van der Waals surface area contributed by atoms with E-state index in [1.54, 1.807) is 13.0 Å². The molecule has 0 saturated carbocycles. The number of H-pyrrole nitrogens is 1. The number of rotatable bonds is 0. The van der Waals surface area contributed by atoms with Crippen molar-refractivity contribution in [2.75, 3.05) is 0 Å². The van der Waals surface area contributed by atoms with E-state index in [2.05, 4.69) is 4.98 Å². The molecule has 1 N–H and O–H groups in total. The van der Waals surface area contributed by atoms with E-state index >= 15 is 0 Å². The zero-order valence-corrected chi connectivity index (χ0v) is 10.4. The first-order chi connectivity index (χ1) is 7.88. The normalized spacial score (nSPS) is 11.2. The fourth-order valence-corrected chi connectivity index (χ4v) is 1.76. The predicted molar refractivity (Wildman–Crippen MR) is 64.1 cm³/mol. The third-order valence-corrected chi connectivity index (χ3v) is 2.38. The first-order valence-electron chi connectivity index (χ1n) is 5.55. The highest BCUT2D eigenvalue weighted by atomic mass is 19.4. The molecule has 94 valence electrons. The van der Waals surface area contributed by atoms with Gasteiger partial charge in [0, 0.05) is 10.9 Å². The van der Waals surface area contributed by atoms with E-state index < -0.39 is 11.9 Å². The SMILES string of the molecule is CC.Cc1cc(C)c2[nH]c(C(F)(F)F)cc2c1. The van der Waals surface area contributed by atoms with Crippen LogP contribution in [0.15, 0.2) is 18.2 Å². The molecule has 2 aromatic rings. The third-order valence-electron chi connectivity index (χ3n) is 2.38. The lowest BCUT2D eigenvalue weighted by atomic mass is 10.1. The van der Waals surface area contributed by atoms with Crippen molar-refractivity contribution in [2.45, 2.75) is 33.9 Å². The van der Waals surface area contributed by atoms with Crippen LogP contribution in [0.25, 0.3) is 10.9 Å². The van der Waals surface area contributed by atoms with Gasteiger partial charge >= 0.3 is 6.18 Å². The van der Waals surface area contributed by atoms with Gasteiger partial charge in [0.25, 0.3) is 0 Å². The van der Waals surface area contributed by atoms with Gasteiger partial charge in [-0.2, -0.15) is 13.2 Å². The largest absolute Gasteiger partial charge is 0.431 e. The molecule has 0 bridgehead atoms. The standard InChI is InChI=1S/C11H10F3N.C2H6/c1-6-3-7(2)10-8(4-6)5-9(15-10)11(12,13)14;1-2/h3-5,15H,1-2H3;1-2H3. The highest BCUT2D eigenvalue weighted by Gasteiger charge is 2.32. The minimum atomic E-state index is -4.31. The molecule has 0 atom stereocenters. The summed E-state index contributed by atoms with van der Waals surface area (Å²) in [6.45, 7) is 7.67. The molecule has 0 spiro atoms. The summed E-state index contributed by atoms with van der Waals surface area (Å²) in [6, 6.07) is 4.75. The number of hydrogen-bond donors (Lipinski definition) is 1. The van der Waals surface area contributed by atoms with Gasteiger partial charge in [-0.05, 0) is 31.5 Å². The van der Waals surface area contributed by atoms with Gasteiger partial charge in [0.15, 0.2) is 0 Å². The van der Waals surface area contributed by atoms with Crippen molar-refractivity contribution >= 4 is 10.9 Å². The smallest absolute Gasteiger partial charge is 0.351 e. The molecular weight excluding hydrogens is 227 g/mol. The number of halogens is 3. The van der Waals surface area contributed by atoms with Crippen molar-refractivity contribution in [3.05, 3.63) is 35.0 Å². The Hall–Kier alpha value is -1.45. The summed E-state index contributed by atoms with van der Waals surface area (Å²) in [5, 5.41) is 0.611. The van der Waals surface area contributed by atoms with Crippen LogP contribution in [0.3, 0.4) is 0 Å². The molecule has 1 heterocycles. The Morgan fingerprint density at radius 1 is 1.00 bits per heavy atom. The molecule has 0 aliphatic rings. The van der Waals surface area contributed by atoms with E-state index in [-0.39, 0.29) is 0 Å². The van der Waals surface area contributed by atoms with Crippen LogP contribution in [0.4, 0.5) is 13.2 Å². The number of aromatic amines is 1. The van der Waals surface area contributed by atoms with Gasteiger partial charge in [0.1, 0.15) is 5.69 Å². The number of benzene rings is 1.